The monoisotopic (exact) mass is 308 g/mol. The first-order valence-corrected chi connectivity index (χ1v) is 7.57. The lowest BCUT2D eigenvalue weighted by atomic mass is 10.1. The van der Waals surface area contributed by atoms with Crippen LogP contribution in [0.15, 0.2) is 18.2 Å². The quantitative estimate of drug-likeness (QED) is 0.761. The third kappa shape index (κ3) is 3.53. The lowest BCUT2D eigenvalue weighted by Gasteiger charge is -2.16. The number of nitrogens with two attached hydrogens (primary N) is 1. The Hall–Kier alpha value is -1.63. The zero-order valence-electron chi connectivity index (χ0n) is 12.2. The largest absolute Gasteiger partial charge is 0.397 e. The number of aliphatic hydroxyl groups is 1. The Balaban J connectivity index is 2.24. The zero-order valence-corrected chi connectivity index (χ0v) is 13.0. The fraction of sp³-hybridized carbons (Fsp3) is 0.400. The molecule has 0 fully saturated rings. The molecule has 1 heterocycles. The van der Waals surface area contributed by atoms with Gasteiger partial charge in [0.15, 0.2) is 0 Å². The van der Waals surface area contributed by atoms with Crippen molar-refractivity contribution in [3.8, 4) is 0 Å². The van der Waals surface area contributed by atoms with Gasteiger partial charge in [0.05, 0.1) is 18.3 Å². The maximum Gasteiger partial charge on any atom is 0.263 e. The van der Waals surface area contributed by atoms with E-state index in [1.165, 1.54) is 11.3 Å². The highest BCUT2D eigenvalue weighted by Crippen LogP contribution is 2.34. The molecule has 1 aromatic carbocycles. The molecule has 21 heavy (non-hydrogen) atoms. The summed E-state index contributed by atoms with van der Waals surface area (Å²) in [6, 6.07) is 5.71. The highest BCUT2D eigenvalue weighted by molar-refractivity contribution is 7.21. The van der Waals surface area contributed by atoms with Crippen molar-refractivity contribution in [2.45, 2.75) is 19.4 Å². The second kappa shape index (κ2) is 6.89. The maximum absolute atomic E-state index is 12.4. The van der Waals surface area contributed by atoms with E-state index in [-0.39, 0.29) is 18.6 Å². The van der Waals surface area contributed by atoms with Gasteiger partial charge in [-0.3, -0.25) is 4.79 Å². The average Bonchev–Trinajstić information content (AvgIpc) is 2.76. The highest BCUT2D eigenvalue weighted by atomic mass is 32.1. The SMILES string of the molecule is COCC(CCO)NC(=O)c1sc2cc(C)ccc2c1N. The molecule has 1 atom stereocenters. The predicted molar refractivity (Wildman–Crippen MR) is 85.8 cm³/mol. The van der Waals surface area contributed by atoms with Gasteiger partial charge in [0.1, 0.15) is 4.88 Å². The lowest BCUT2D eigenvalue weighted by molar-refractivity contribution is 0.0883. The van der Waals surface area contributed by atoms with Crippen LogP contribution in [0.1, 0.15) is 21.7 Å². The molecule has 0 bridgehead atoms. The van der Waals surface area contributed by atoms with Gasteiger partial charge in [0.2, 0.25) is 0 Å². The first-order chi connectivity index (χ1) is 10.1. The Kier molecular flexibility index (Phi) is 5.17. The summed E-state index contributed by atoms with van der Waals surface area (Å²) in [5.41, 5.74) is 7.72. The molecular formula is C15H20N2O3S. The van der Waals surface area contributed by atoms with Gasteiger partial charge in [-0.25, -0.2) is 0 Å². The normalized spacial score (nSPS) is 12.5. The highest BCUT2D eigenvalue weighted by Gasteiger charge is 2.19. The average molecular weight is 308 g/mol. The van der Waals surface area contributed by atoms with E-state index < -0.39 is 0 Å². The van der Waals surface area contributed by atoms with Gasteiger partial charge >= 0.3 is 0 Å². The molecule has 1 aromatic heterocycles. The summed E-state index contributed by atoms with van der Waals surface area (Å²) in [7, 11) is 1.56. The molecule has 6 heteroatoms. The van der Waals surface area contributed by atoms with Gasteiger partial charge in [-0.05, 0) is 25.0 Å². The molecule has 2 rings (SSSR count). The number of nitrogen functional groups attached to an aromatic ring is 1. The molecule has 1 unspecified atom stereocenters. The van der Waals surface area contributed by atoms with Gasteiger partial charge in [-0.2, -0.15) is 0 Å². The molecule has 0 saturated carbocycles. The standard InChI is InChI=1S/C15H20N2O3S/c1-9-3-4-11-12(7-9)21-14(13(11)16)15(19)17-10(5-6-18)8-20-2/h3-4,7,10,18H,5-6,8,16H2,1-2H3,(H,17,19). The summed E-state index contributed by atoms with van der Waals surface area (Å²) in [5, 5.41) is 12.8. The number of carbonyl (C=O) groups is 1. The second-order valence-corrected chi connectivity index (χ2v) is 6.03. The summed E-state index contributed by atoms with van der Waals surface area (Å²) in [6.45, 7) is 2.36. The number of hydrogen-bond donors (Lipinski definition) is 3. The van der Waals surface area contributed by atoms with Crippen LogP contribution in [0, 0.1) is 6.92 Å². The minimum atomic E-state index is -0.223. The topological polar surface area (TPSA) is 84.6 Å². The lowest BCUT2D eigenvalue weighted by Crippen LogP contribution is -2.38. The molecule has 0 radical (unpaired) electrons. The Morgan fingerprint density at radius 2 is 2.29 bits per heavy atom. The van der Waals surface area contributed by atoms with Gasteiger partial charge in [0, 0.05) is 23.8 Å². The van der Waals surface area contributed by atoms with E-state index in [0.717, 1.165) is 15.6 Å². The van der Waals surface area contributed by atoms with E-state index in [1.54, 1.807) is 7.11 Å². The summed E-state index contributed by atoms with van der Waals surface area (Å²) < 4.78 is 6.05. The Labute approximate surface area is 127 Å². The van der Waals surface area contributed by atoms with Crippen LogP contribution in [0.3, 0.4) is 0 Å². The number of nitrogens with one attached hydrogen (secondary N) is 1. The molecule has 0 aliphatic carbocycles. The van der Waals surface area contributed by atoms with E-state index in [0.29, 0.717) is 23.6 Å². The number of aryl methyl sites for hydroxylation is 1. The number of methoxy groups -OCH3 is 1. The van der Waals surface area contributed by atoms with E-state index in [2.05, 4.69) is 5.32 Å². The smallest absolute Gasteiger partial charge is 0.263 e. The third-order valence-electron chi connectivity index (χ3n) is 3.27. The fourth-order valence-electron chi connectivity index (χ4n) is 2.20. The number of anilines is 1. The molecule has 2 aromatic rings. The van der Waals surface area contributed by atoms with Crippen LogP contribution in [-0.4, -0.2) is 37.4 Å². The number of fused-ring (bicyclic) bond motifs is 1. The van der Waals surface area contributed by atoms with Crippen LogP contribution in [0.2, 0.25) is 0 Å². The van der Waals surface area contributed by atoms with Crippen molar-refractivity contribution < 1.29 is 14.6 Å². The third-order valence-corrected chi connectivity index (χ3v) is 4.44. The minimum Gasteiger partial charge on any atom is -0.397 e. The number of thiophene rings is 1. The molecule has 0 aliphatic rings. The van der Waals surface area contributed by atoms with Crippen LogP contribution < -0.4 is 11.1 Å². The number of ether oxygens (including phenoxy) is 1. The number of carbonyl (C=O) groups excluding carboxylic acids is 1. The summed E-state index contributed by atoms with van der Waals surface area (Å²) >= 11 is 1.38. The fourth-order valence-corrected chi connectivity index (χ4v) is 3.32. The number of benzene rings is 1. The molecular weight excluding hydrogens is 288 g/mol. The molecule has 114 valence electrons. The Bertz CT molecular complexity index is 633. The van der Waals surface area contributed by atoms with Crippen LogP contribution in [0.5, 0.6) is 0 Å². The van der Waals surface area contributed by atoms with Crippen LogP contribution >= 0.6 is 11.3 Å². The predicted octanol–water partition coefficient (Wildman–Crippen LogP) is 1.92. The van der Waals surface area contributed by atoms with E-state index in [4.69, 9.17) is 15.6 Å². The van der Waals surface area contributed by atoms with E-state index in [9.17, 15) is 4.79 Å². The minimum absolute atomic E-state index is 0.00456. The second-order valence-electron chi connectivity index (χ2n) is 4.98. The van der Waals surface area contributed by atoms with Crippen molar-refractivity contribution in [2.75, 3.05) is 26.1 Å². The number of rotatable bonds is 6. The van der Waals surface area contributed by atoms with Crippen molar-refractivity contribution in [2.24, 2.45) is 0 Å². The van der Waals surface area contributed by atoms with Crippen molar-refractivity contribution >= 4 is 33.0 Å². The molecule has 0 spiro atoms. The van der Waals surface area contributed by atoms with Crippen LogP contribution in [0.4, 0.5) is 5.69 Å². The molecule has 5 nitrogen and oxygen atoms in total. The van der Waals surface area contributed by atoms with Gasteiger partial charge < -0.3 is 20.9 Å². The van der Waals surface area contributed by atoms with Gasteiger partial charge in [-0.1, -0.05) is 12.1 Å². The Morgan fingerprint density at radius 1 is 1.52 bits per heavy atom. The summed E-state index contributed by atoms with van der Waals surface area (Å²) in [4.78, 5) is 12.9. The van der Waals surface area contributed by atoms with Gasteiger partial charge in [0.25, 0.3) is 5.91 Å². The maximum atomic E-state index is 12.4. The van der Waals surface area contributed by atoms with Crippen molar-refractivity contribution in [3.63, 3.8) is 0 Å². The number of hydrogen-bond acceptors (Lipinski definition) is 5. The number of amides is 1. The van der Waals surface area contributed by atoms with Crippen molar-refractivity contribution in [1.82, 2.24) is 5.32 Å². The molecule has 0 saturated heterocycles. The number of aliphatic hydroxyl groups excluding tert-OH is 1. The Morgan fingerprint density at radius 3 is 2.95 bits per heavy atom. The zero-order chi connectivity index (χ0) is 15.4. The van der Waals surface area contributed by atoms with E-state index >= 15 is 0 Å². The molecule has 1 amide bonds. The first-order valence-electron chi connectivity index (χ1n) is 6.76. The van der Waals surface area contributed by atoms with Gasteiger partial charge in [-0.15, -0.1) is 11.3 Å². The van der Waals surface area contributed by atoms with Crippen molar-refractivity contribution in [3.05, 3.63) is 28.6 Å². The van der Waals surface area contributed by atoms with Crippen LogP contribution in [0.25, 0.3) is 10.1 Å². The summed E-state index contributed by atoms with van der Waals surface area (Å²) in [5.74, 6) is -0.221. The molecule has 4 N–H and O–H groups in total. The van der Waals surface area contributed by atoms with E-state index in [1.807, 2.05) is 25.1 Å². The first kappa shape index (κ1) is 15.8. The summed E-state index contributed by atoms with van der Waals surface area (Å²) in [6.07, 6.45) is 0.448. The van der Waals surface area contributed by atoms with Crippen LogP contribution in [-0.2, 0) is 4.74 Å². The molecule has 0 aliphatic heterocycles. The van der Waals surface area contributed by atoms with Crippen molar-refractivity contribution in [1.29, 1.82) is 0 Å².